The van der Waals surface area contributed by atoms with Crippen LogP contribution in [0, 0.1) is 0 Å². The van der Waals surface area contributed by atoms with E-state index in [2.05, 4.69) is 37.6 Å². The quantitative estimate of drug-likeness (QED) is 0.286. The van der Waals surface area contributed by atoms with Gasteiger partial charge >= 0.3 is 0 Å². The van der Waals surface area contributed by atoms with Crippen LogP contribution < -0.4 is 0 Å². The van der Waals surface area contributed by atoms with E-state index in [1.807, 2.05) is 0 Å². The molecular weight excluding hydrogens is 334 g/mol. The van der Waals surface area contributed by atoms with Gasteiger partial charge in [-0.1, -0.05) is 58.3 Å². The topological polar surface area (TPSA) is 45.4 Å². The molecule has 0 unspecified atom stereocenters. The smallest absolute Gasteiger partial charge is 0.245 e. The molecule has 0 aliphatic carbocycles. The number of carbonyl (C=O) groups is 1. The van der Waals surface area contributed by atoms with E-state index >= 15 is 0 Å². The molecule has 0 atom stereocenters. The molecule has 1 spiro atoms. The maximum atomic E-state index is 12.9. The van der Waals surface area contributed by atoms with Crippen molar-refractivity contribution < 1.29 is 14.6 Å². The Kier molecular flexibility index (Phi) is 7.26. The summed E-state index contributed by atoms with van der Waals surface area (Å²) in [5.74, 6) is 0.757. The number of hydrogen-bond acceptors (Lipinski definition) is 3. The predicted octanol–water partition coefficient (Wildman–Crippen LogP) is 5.56. The van der Waals surface area contributed by atoms with Gasteiger partial charge in [0, 0.05) is 12.8 Å². The van der Waals surface area contributed by atoms with Crippen LogP contribution in [-0.4, -0.2) is 39.8 Å². The molecule has 2 saturated heterocycles. The van der Waals surface area contributed by atoms with Crippen molar-refractivity contribution in [3.63, 3.8) is 0 Å². The fourth-order valence-electron chi connectivity index (χ4n) is 4.52. The molecule has 0 aromatic heterocycles. The predicted molar refractivity (Wildman–Crippen MR) is 107 cm³/mol. The number of nitrogens with zero attached hydrogens (tertiary/aromatic N) is 1. The Morgan fingerprint density at radius 3 is 1.96 bits per heavy atom. The van der Waals surface area contributed by atoms with Crippen LogP contribution in [0.2, 0.25) is 0 Å². The van der Waals surface area contributed by atoms with Crippen LogP contribution >= 0.6 is 10.2 Å². The van der Waals surface area contributed by atoms with E-state index in [1.165, 1.54) is 51.4 Å². The van der Waals surface area contributed by atoms with Crippen molar-refractivity contribution >= 4 is 16.1 Å². The Bertz CT molecular complexity index is 426. The van der Waals surface area contributed by atoms with E-state index in [-0.39, 0.29) is 5.54 Å². The average molecular weight is 374 g/mol. The second kappa shape index (κ2) is 8.62. The van der Waals surface area contributed by atoms with E-state index in [4.69, 9.17) is 9.78 Å². The molecule has 0 bridgehead atoms. The summed E-state index contributed by atoms with van der Waals surface area (Å²) in [5.41, 5.74) is -0.191. The second-order valence-corrected chi connectivity index (χ2v) is 12.6. The normalized spacial score (nSPS) is 24.3. The largest absolute Gasteiger partial charge is 0.299 e. The first-order valence-electron chi connectivity index (χ1n) is 10.1. The third kappa shape index (κ3) is 5.86. The summed E-state index contributed by atoms with van der Waals surface area (Å²) >= 11 is 0. The van der Waals surface area contributed by atoms with Gasteiger partial charge in [0.15, 0.2) is 0 Å². The van der Waals surface area contributed by atoms with E-state index in [0.29, 0.717) is 12.3 Å². The average Bonchev–Trinajstić information content (AvgIpc) is 3.20. The standard InChI is InChI=1S/C20H39NO3S/c1-6-7-8-9-10-11-12-13-14-15-18(22)21-19(2,3)16-20(23-24-20)17-25(21,4)5/h6-17H2,1-5H3. The van der Waals surface area contributed by atoms with Crippen molar-refractivity contribution in [2.24, 2.45) is 0 Å². The molecular formula is C20H39NO3S. The summed E-state index contributed by atoms with van der Waals surface area (Å²) in [6.07, 6.45) is 17.5. The van der Waals surface area contributed by atoms with Crippen LogP contribution in [0.3, 0.4) is 0 Å². The maximum absolute atomic E-state index is 12.9. The van der Waals surface area contributed by atoms with Crippen molar-refractivity contribution in [2.75, 3.05) is 18.3 Å². The first-order chi connectivity index (χ1) is 11.7. The number of amides is 1. The molecule has 0 N–H and O–H groups in total. The number of unbranched alkanes of at least 4 members (excludes halogenated alkanes) is 8. The molecule has 25 heavy (non-hydrogen) atoms. The summed E-state index contributed by atoms with van der Waals surface area (Å²) in [6.45, 7) is 6.57. The van der Waals surface area contributed by atoms with Crippen LogP contribution in [-0.2, 0) is 14.6 Å². The van der Waals surface area contributed by atoms with Gasteiger partial charge in [0.25, 0.3) is 0 Å². The monoisotopic (exact) mass is 373 g/mol. The van der Waals surface area contributed by atoms with Gasteiger partial charge in [-0.3, -0.25) is 9.10 Å². The zero-order valence-electron chi connectivity index (χ0n) is 17.1. The molecule has 148 valence electrons. The minimum atomic E-state index is -1.20. The fraction of sp³-hybridized carbons (Fsp3) is 0.950. The molecule has 2 fully saturated rings. The Morgan fingerprint density at radius 2 is 1.48 bits per heavy atom. The molecule has 4 nitrogen and oxygen atoms in total. The van der Waals surface area contributed by atoms with Crippen LogP contribution in [0.4, 0.5) is 0 Å². The number of carbonyl (C=O) groups excluding carboxylic acids is 1. The van der Waals surface area contributed by atoms with Crippen molar-refractivity contribution in [1.82, 2.24) is 4.31 Å². The SMILES string of the molecule is CCCCCCCCCCCC(=O)N1C(C)(C)CC2(CS1(C)C)OO2. The maximum Gasteiger partial charge on any atom is 0.245 e. The second-order valence-electron chi connectivity index (χ2n) is 8.96. The third-order valence-corrected chi connectivity index (χ3v) is 8.19. The van der Waals surface area contributed by atoms with Gasteiger partial charge in [-0.2, -0.15) is 20.0 Å². The van der Waals surface area contributed by atoms with Gasteiger partial charge in [-0.25, -0.2) is 0 Å². The Hall–Kier alpha value is -0.260. The summed E-state index contributed by atoms with van der Waals surface area (Å²) in [5, 5.41) is 0. The van der Waals surface area contributed by atoms with Crippen molar-refractivity contribution in [3.05, 3.63) is 0 Å². The van der Waals surface area contributed by atoms with Gasteiger partial charge in [0.05, 0.1) is 11.3 Å². The number of hydrogen-bond donors (Lipinski definition) is 0. The van der Waals surface area contributed by atoms with Gasteiger partial charge in [-0.05, 0) is 32.8 Å². The molecule has 0 saturated carbocycles. The lowest BCUT2D eigenvalue weighted by molar-refractivity contribution is -0.130. The van der Waals surface area contributed by atoms with Gasteiger partial charge in [-0.15, -0.1) is 0 Å². The van der Waals surface area contributed by atoms with Gasteiger partial charge < -0.3 is 0 Å². The number of rotatable bonds is 10. The molecule has 5 heteroatoms. The minimum absolute atomic E-state index is 0.191. The Balaban J connectivity index is 1.69. The van der Waals surface area contributed by atoms with E-state index in [9.17, 15) is 4.79 Å². The van der Waals surface area contributed by atoms with Crippen molar-refractivity contribution in [2.45, 2.75) is 103 Å². The zero-order valence-corrected chi connectivity index (χ0v) is 17.9. The van der Waals surface area contributed by atoms with Crippen LogP contribution in [0.25, 0.3) is 0 Å². The van der Waals surface area contributed by atoms with Crippen molar-refractivity contribution in [1.29, 1.82) is 0 Å². The van der Waals surface area contributed by atoms with Crippen LogP contribution in [0.5, 0.6) is 0 Å². The molecule has 2 aliphatic rings. The molecule has 0 aromatic rings. The van der Waals surface area contributed by atoms with E-state index in [1.54, 1.807) is 0 Å². The highest BCUT2D eigenvalue weighted by molar-refractivity contribution is 8.31. The van der Waals surface area contributed by atoms with Gasteiger partial charge in [0.1, 0.15) is 0 Å². The Labute approximate surface area is 156 Å². The minimum Gasteiger partial charge on any atom is -0.299 e. The summed E-state index contributed by atoms with van der Waals surface area (Å²) in [7, 11) is -1.20. The van der Waals surface area contributed by atoms with E-state index in [0.717, 1.165) is 18.6 Å². The molecule has 0 aromatic carbocycles. The van der Waals surface area contributed by atoms with Gasteiger partial charge in [0.2, 0.25) is 11.7 Å². The first kappa shape index (κ1) is 21.0. The molecule has 1 amide bonds. The molecule has 0 radical (unpaired) electrons. The highest BCUT2D eigenvalue weighted by atomic mass is 32.3. The first-order valence-corrected chi connectivity index (χ1v) is 12.7. The zero-order chi connectivity index (χ0) is 18.6. The Morgan fingerprint density at radius 1 is 0.960 bits per heavy atom. The van der Waals surface area contributed by atoms with Crippen LogP contribution in [0.15, 0.2) is 0 Å². The highest BCUT2D eigenvalue weighted by Gasteiger charge is 2.61. The lowest BCUT2D eigenvalue weighted by Gasteiger charge is -2.56. The summed E-state index contributed by atoms with van der Waals surface area (Å²) in [4.78, 5) is 23.5. The summed E-state index contributed by atoms with van der Waals surface area (Å²) in [6, 6.07) is 0. The lowest BCUT2D eigenvalue weighted by atomic mass is 9.95. The van der Waals surface area contributed by atoms with E-state index < -0.39 is 16.0 Å². The third-order valence-electron chi connectivity index (χ3n) is 5.36. The van der Waals surface area contributed by atoms with Crippen LogP contribution in [0.1, 0.15) is 91.4 Å². The molecule has 2 aliphatic heterocycles. The summed E-state index contributed by atoms with van der Waals surface area (Å²) < 4.78 is 2.18. The molecule has 2 heterocycles. The highest BCUT2D eigenvalue weighted by Crippen LogP contribution is 2.61. The lowest BCUT2D eigenvalue weighted by Crippen LogP contribution is -2.56. The molecule has 2 rings (SSSR count). The van der Waals surface area contributed by atoms with Crippen molar-refractivity contribution in [3.8, 4) is 0 Å². The fourth-order valence-corrected chi connectivity index (χ4v) is 7.97.